The monoisotopic (exact) mass is 549 g/mol. The Morgan fingerprint density at radius 2 is 1.60 bits per heavy atom. The van der Waals surface area contributed by atoms with Gasteiger partial charge in [-0.3, -0.25) is 4.79 Å². The number of ether oxygens (including phenoxy) is 1. The Bertz CT molecular complexity index is 2210. The van der Waals surface area contributed by atoms with Crippen LogP contribution in [-0.2, 0) is 6.42 Å². The van der Waals surface area contributed by atoms with Crippen LogP contribution in [-0.4, -0.2) is 23.0 Å². The third-order valence-corrected chi connectivity index (χ3v) is 7.96. The second-order valence-corrected chi connectivity index (χ2v) is 10.5. The van der Waals surface area contributed by atoms with Crippen molar-refractivity contribution in [1.82, 2.24) is 4.98 Å². The van der Waals surface area contributed by atoms with E-state index in [2.05, 4.69) is 21.3 Å². The Hall–Kier alpha value is -5.49. The SMILES string of the molecule is COc1ccc(CC(=O)c2cc3ccc4c5ccccc5[nH]c4c3c(N=Nc3cccc4ccccc34)c2O)c(C)c1. The molecule has 2 N–H and O–H groups in total. The fourth-order valence-electron chi connectivity index (χ4n) is 5.75. The van der Waals surface area contributed by atoms with Crippen molar-refractivity contribution in [1.29, 1.82) is 0 Å². The zero-order valence-corrected chi connectivity index (χ0v) is 23.2. The Balaban J connectivity index is 1.44. The van der Waals surface area contributed by atoms with Gasteiger partial charge in [0.05, 0.1) is 23.9 Å². The average molecular weight is 550 g/mol. The van der Waals surface area contributed by atoms with Gasteiger partial charge in [0.1, 0.15) is 11.4 Å². The number of carbonyl (C=O) groups is 1. The lowest BCUT2D eigenvalue weighted by Crippen LogP contribution is -2.06. The molecule has 204 valence electrons. The average Bonchev–Trinajstić information content (AvgIpc) is 3.40. The number of aromatic amines is 1. The molecule has 0 radical (unpaired) electrons. The Morgan fingerprint density at radius 1 is 0.810 bits per heavy atom. The first-order chi connectivity index (χ1) is 20.5. The molecule has 6 heteroatoms. The molecule has 0 fully saturated rings. The highest BCUT2D eigenvalue weighted by molar-refractivity contribution is 6.22. The van der Waals surface area contributed by atoms with Gasteiger partial charge in [0.15, 0.2) is 11.5 Å². The predicted octanol–water partition coefficient (Wildman–Crippen LogP) is 9.49. The number of methoxy groups -OCH3 is 1. The number of Topliss-reactive ketones (excluding diaryl/α,β-unsaturated/α-hetero) is 1. The second-order valence-electron chi connectivity index (χ2n) is 10.5. The molecule has 0 spiro atoms. The van der Waals surface area contributed by atoms with Crippen LogP contribution in [0.5, 0.6) is 11.5 Å². The lowest BCUT2D eigenvalue weighted by Gasteiger charge is -2.12. The van der Waals surface area contributed by atoms with Gasteiger partial charge in [-0.1, -0.05) is 72.8 Å². The van der Waals surface area contributed by atoms with E-state index in [1.165, 1.54) is 0 Å². The van der Waals surface area contributed by atoms with E-state index in [1.54, 1.807) is 13.2 Å². The van der Waals surface area contributed by atoms with Crippen molar-refractivity contribution in [2.45, 2.75) is 13.3 Å². The summed E-state index contributed by atoms with van der Waals surface area (Å²) in [4.78, 5) is 17.2. The van der Waals surface area contributed by atoms with E-state index in [4.69, 9.17) is 4.74 Å². The number of rotatable bonds is 6. The number of azo groups is 1. The van der Waals surface area contributed by atoms with E-state index in [9.17, 15) is 9.90 Å². The third kappa shape index (κ3) is 4.25. The number of hydrogen-bond acceptors (Lipinski definition) is 5. The molecular formula is C36H27N3O3. The van der Waals surface area contributed by atoms with Crippen molar-refractivity contribution < 1.29 is 14.6 Å². The highest BCUT2D eigenvalue weighted by Gasteiger charge is 2.22. The van der Waals surface area contributed by atoms with Crippen molar-refractivity contribution in [3.8, 4) is 11.5 Å². The van der Waals surface area contributed by atoms with Crippen LogP contribution in [0.3, 0.4) is 0 Å². The van der Waals surface area contributed by atoms with Crippen molar-refractivity contribution >= 4 is 60.5 Å². The molecule has 0 aliphatic rings. The fourth-order valence-corrected chi connectivity index (χ4v) is 5.75. The van der Waals surface area contributed by atoms with E-state index in [0.29, 0.717) is 11.1 Å². The van der Waals surface area contributed by atoms with Gasteiger partial charge in [0.2, 0.25) is 0 Å². The molecule has 6 nitrogen and oxygen atoms in total. The molecular weight excluding hydrogens is 522 g/mol. The number of aromatic nitrogens is 1. The largest absolute Gasteiger partial charge is 0.505 e. The molecule has 6 aromatic carbocycles. The number of fused-ring (bicyclic) bond motifs is 6. The molecule has 0 aliphatic carbocycles. The molecule has 0 amide bonds. The maximum Gasteiger partial charge on any atom is 0.171 e. The summed E-state index contributed by atoms with van der Waals surface area (Å²) in [6, 6.07) is 33.3. The Kier molecular flexibility index (Phi) is 6.16. The molecule has 0 saturated carbocycles. The zero-order valence-electron chi connectivity index (χ0n) is 23.2. The molecule has 0 aliphatic heterocycles. The number of phenols is 1. The number of nitrogens with zero attached hydrogens (tertiary/aromatic N) is 2. The molecule has 0 unspecified atom stereocenters. The van der Waals surface area contributed by atoms with Crippen LogP contribution in [0.2, 0.25) is 0 Å². The summed E-state index contributed by atoms with van der Waals surface area (Å²) < 4.78 is 5.32. The molecule has 42 heavy (non-hydrogen) atoms. The highest BCUT2D eigenvalue weighted by atomic mass is 16.5. The molecule has 1 aromatic heterocycles. The lowest BCUT2D eigenvalue weighted by molar-refractivity contribution is 0.0990. The van der Waals surface area contributed by atoms with Crippen LogP contribution in [0.25, 0.3) is 43.4 Å². The van der Waals surface area contributed by atoms with E-state index >= 15 is 0 Å². The molecule has 7 aromatic rings. The first-order valence-corrected chi connectivity index (χ1v) is 13.8. The van der Waals surface area contributed by atoms with Crippen LogP contribution in [0, 0.1) is 6.92 Å². The van der Waals surface area contributed by atoms with Crippen molar-refractivity contribution in [3.63, 3.8) is 0 Å². The quantitative estimate of drug-likeness (QED) is 0.160. The lowest BCUT2D eigenvalue weighted by atomic mass is 9.95. The summed E-state index contributed by atoms with van der Waals surface area (Å²) in [7, 11) is 1.62. The van der Waals surface area contributed by atoms with E-state index in [1.807, 2.05) is 97.9 Å². The first-order valence-electron chi connectivity index (χ1n) is 13.8. The fraction of sp³-hybridized carbons (Fsp3) is 0.0833. The van der Waals surface area contributed by atoms with Crippen molar-refractivity contribution in [2.75, 3.05) is 7.11 Å². The topological polar surface area (TPSA) is 87.0 Å². The summed E-state index contributed by atoms with van der Waals surface area (Å²) in [5, 5.41) is 26.5. The molecule has 0 saturated heterocycles. The normalized spacial score (nSPS) is 11.8. The number of phenolic OH excluding ortho intramolecular Hbond substituents is 1. The molecule has 7 rings (SSSR count). The number of H-pyrrole nitrogens is 1. The number of nitrogens with one attached hydrogen (secondary N) is 1. The highest BCUT2D eigenvalue weighted by Crippen LogP contribution is 2.44. The summed E-state index contributed by atoms with van der Waals surface area (Å²) in [5.41, 5.74) is 4.76. The molecule has 0 bridgehead atoms. The summed E-state index contributed by atoms with van der Waals surface area (Å²) in [6.07, 6.45) is 0.128. The van der Waals surface area contributed by atoms with Gasteiger partial charge < -0.3 is 14.8 Å². The number of aryl methyl sites for hydroxylation is 1. The standard InChI is InChI=1S/C36H27N3O3/c1-21-18-25(42-2)16-14-23(21)20-32(40)29-19-24-15-17-28-27-11-5-6-12-30(27)37-34(28)33(24)35(36(29)41)39-38-31-13-7-9-22-8-3-4-10-26(22)31/h3-19,37,41H,20H2,1-2H3. The van der Waals surface area contributed by atoms with Gasteiger partial charge in [-0.05, 0) is 59.2 Å². The summed E-state index contributed by atoms with van der Waals surface area (Å²) in [6.45, 7) is 1.95. The minimum absolute atomic E-state index is 0.128. The first kappa shape index (κ1) is 25.5. The van der Waals surface area contributed by atoms with Crippen LogP contribution < -0.4 is 4.74 Å². The van der Waals surface area contributed by atoms with Gasteiger partial charge in [-0.15, -0.1) is 10.2 Å². The predicted molar refractivity (Wildman–Crippen MR) is 169 cm³/mol. The summed E-state index contributed by atoms with van der Waals surface area (Å²) in [5.74, 6) is 0.338. The number of ketones is 1. The number of hydrogen-bond donors (Lipinski definition) is 2. The van der Waals surface area contributed by atoms with Crippen LogP contribution >= 0.6 is 0 Å². The van der Waals surface area contributed by atoms with Gasteiger partial charge in [-0.2, -0.15) is 0 Å². The van der Waals surface area contributed by atoms with Gasteiger partial charge in [-0.25, -0.2) is 0 Å². The number of carbonyl (C=O) groups excluding carboxylic acids is 1. The Morgan fingerprint density at radius 3 is 2.43 bits per heavy atom. The van der Waals surface area contributed by atoms with Crippen molar-refractivity contribution in [3.05, 3.63) is 120 Å². The number of para-hydroxylation sites is 1. The molecule has 1 heterocycles. The Labute approximate surface area is 241 Å². The van der Waals surface area contributed by atoms with E-state index < -0.39 is 0 Å². The minimum atomic E-state index is -0.207. The maximum absolute atomic E-state index is 13.7. The van der Waals surface area contributed by atoms with Gasteiger partial charge in [0, 0.05) is 33.5 Å². The number of aromatic hydroxyl groups is 1. The summed E-state index contributed by atoms with van der Waals surface area (Å²) >= 11 is 0. The van der Waals surface area contributed by atoms with Crippen molar-refractivity contribution in [2.24, 2.45) is 10.2 Å². The minimum Gasteiger partial charge on any atom is -0.505 e. The van der Waals surface area contributed by atoms with Crippen LogP contribution in [0.1, 0.15) is 21.5 Å². The second kappa shape index (κ2) is 10.2. The smallest absolute Gasteiger partial charge is 0.171 e. The van der Waals surface area contributed by atoms with Gasteiger partial charge >= 0.3 is 0 Å². The maximum atomic E-state index is 13.7. The molecule has 0 atom stereocenters. The van der Waals surface area contributed by atoms with Crippen LogP contribution in [0.4, 0.5) is 11.4 Å². The third-order valence-electron chi connectivity index (χ3n) is 7.96. The van der Waals surface area contributed by atoms with Gasteiger partial charge in [0.25, 0.3) is 0 Å². The number of benzene rings is 6. The van der Waals surface area contributed by atoms with Crippen LogP contribution in [0.15, 0.2) is 113 Å². The zero-order chi connectivity index (χ0) is 28.8. The van der Waals surface area contributed by atoms with E-state index in [0.717, 1.165) is 54.8 Å². The van der Waals surface area contributed by atoms with E-state index in [-0.39, 0.29) is 29.2 Å².